The summed E-state index contributed by atoms with van der Waals surface area (Å²) in [6.07, 6.45) is 3.64. The average molecular weight is 989 g/mol. The predicted molar refractivity (Wildman–Crippen MR) is 322 cm³/mol. The van der Waals surface area contributed by atoms with Gasteiger partial charge in [-0.3, -0.25) is 0 Å². The standard InChI is InChI=1S/C71H65BN2S/c1-42-28-32-47(33-29-42)74-62-37-43(2)36-61-65(62)72(59-35-30-44(38-60(59)73(61)46-20-13-12-14-21-46)64-55(69(6,7)8)26-19-27-56(64)70(9,10)11)67-66(74)52-40-51-50-34-31-45(68(3,4)5)39-57(50)71(58(51)41-63(52)75-67)53-24-17-15-22-48(53)49-23-16-18-25-54(49)71/h12-39,41,51H,40H2,1-11H3. The molecule has 368 valence electrons. The van der Waals surface area contributed by atoms with Crippen molar-refractivity contribution < 1.29 is 0 Å². The summed E-state index contributed by atoms with van der Waals surface area (Å²) in [5.41, 5.74) is 30.6. The molecule has 1 unspecified atom stereocenters. The molecule has 0 amide bonds. The van der Waals surface area contributed by atoms with Crippen molar-refractivity contribution in [2.75, 3.05) is 9.80 Å². The lowest BCUT2D eigenvalue weighted by Crippen LogP contribution is -2.60. The van der Waals surface area contributed by atoms with Crippen LogP contribution < -0.4 is 25.5 Å². The number of nitrogens with zero attached hydrogens (tertiary/aromatic N) is 2. The van der Waals surface area contributed by atoms with E-state index in [-0.39, 0.29) is 34.3 Å². The van der Waals surface area contributed by atoms with Gasteiger partial charge in [-0.2, -0.15) is 0 Å². The van der Waals surface area contributed by atoms with Crippen LogP contribution in [0.5, 0.6) is 0 Å². The Hall–Kier alpha value is -7.14. The van der Waals surface area contributed by atoms with Gasteiger partial charge < -0.3 is 9.80 Å². The van der Waals surface area contributed by atoms with E-state index in [9.17, 15) is 0 Å². The van der Waals surface area contributed by atoms with Crippen LogP contribution in [-0.2, 0) is 28.1 Å². The van der Waals surface area contributed by atoms with Crippen molar-refractivity contribution in [2.24, 2.45) is 0 Å². The van der Waals surface area contributed by atoms with Gasteiger partial charge in [0.2, 0.25) is 0 Å². The first-order valence-electron chi connectivity index (χ1n) is 27.3. The van der Waals surface area contributed by atoms with Crippen LogP contribution in [-0.4, -0.2) is 6.71 Å². The zero-order valence-corrected chi connectivity index (χ0v) is 46.2. The second-order valence-corrected chi connectivity index (χ2v) is 26.5. The summed E-state index contributed by atoms with van der Waals surface area (Å²) in [6.45, 7) is 25.8. The molecule has 3 aliphatic carbocycles. The summed E-state index contributed by atoms with van der Waals surface area (Å²) < 4.78 is 1.44. The minimum absolute atomic E-state index is 0.00455. The van der Waals surface area contributed by atoms with Crippen molar-refractivity contribution >= 4 is 74.0 Å². The number of thiophene rings is 1. The lowest BCUT2D eigenvalue weighted by molar-refractivity contribution is 0.572. The molecule has 9 aromatic rings. The first kappa shape index (κ1) is 46.4. The van der Waals surface area contributed by atoms with Crippen molar-refractivity contribution in [1.82, 2.24) is 0 Å². The van der Waals surface area contributed by atoms with E-state index in [0.717, 1.165) is 6.42 Å². The number of fused-ring (bicyclic) bond motifs is 16. The highest BCUT2D eigenvalue weighted by Gasteiger charge is 2.57. The smallest absolute Gasteiger partial charge is 0.264 e. The average Bonchev–Trinajstić information content (AvgIpc) is 4.08. The van der Waals surface area contributed by atoms with Crippen molar-refractivity contribution in [3.63, 3.8) is 0 Å². The molecule has 5 aliphatic rings. The molecule has 8 aromatic carbocycles. The third-order valence-electron chi connectivity index (χ3n) is 17.6. The van der Waals surface area contributed by atoms with Gasteiger partial charge in [0.05, 0.1) is 11.1 Å². The zero-order valence-electron chi connectivity index (χ0n) is 45.4. The fraction of sp³-hybridized carbons (Fsp3) is 0.239. The van der Waals surface area contributed by atoms with E-state index in [4.69, 9.17) is 0 Å². The maximum atomic E-state index is 2.70. The van der Waals surface area contributed by atoms with Crippen LogP contribution in [0.1, 0.15) is 129 Å². The number of aryl methyl sites for hydroxylation is 2. The topological polar surface area (TPSA) is 6.48 Å². The van der Waals surface area contributed by atoms with Crippen molar-refractivity contribution in [3.05, 3.63) is 236 Å². The Labute approximate surface area is 449 Å². The fourth-order valence-electron chi connectivity index (χ4n) is 14.3. The SMILES string of the molecule is Cc1ccc(N2c3cc(C)cc4c3B(c3ccc(-c5c(C(C)(C)C)cccc5C(C)(C)C)cc3N4c3ccccc3)c3sc4c(c32)CC2C(=C4)C3(c4ccccc4-c4ccccc43)c3cc(C(C)(C)C)ccc32)cc1. The second-order valence-electron chi connectivity index (χ2n) is 25.4. The number of hydrogen-bond acceptors (Lipinski definition) is 3. The van der Waals surface area contributed by atoms with Crippen molar-refractivity contribution in [2.45, 2.75) is 110 Å². The molecule has 0 fully saturated rings. The van der Waals surface area contributed by atoms with Crippen molar-refractivity contribution in [3.8, 4) is 22.3 Å². The summed E-state index contributed by atoms with van der Waals surface area (Å²) in [5, 5.41) is 0. The monoisotopic (exact) mass is 988 g/mol. The molecule has 0 radical (unpaired) electrons. The van der Waals surface area contributed by atoms with E-state index in [0.29, 0.717) is 0 Å². The summed E-state index contributed by atoms with van der Waals surface area (Å²) >= 11 is 2.06. The summed E-state index contributed by atoms with van der Waals surface area (Å²) in [5.74, 6) is 0.212. The number of allylic oxidation sites excluding steroid dienone is 1. The molecule has 75 heavy (non-hydrogen) atoms. The highest BCUT2D eigenvalue weighted by molar-refractivity contribution is 7.29. The van der Waals surface area contributed by atoms with E-state index in [1.807, 2.05) is 0 Å². The maximum Gasteiger partial charge on any atom is 0.264 e. The third-order valence-corrected chi connectivity index (χ3v) is 18.8. The van der Waals surface area contributed by atoms with Crippen LogP contribution in [0, 0.1) is 13.8 Å². The lowest BCUT2D eigenvalue weighted by Gasteiger charge is -2.44. The number of rotatable bonds is 3. The molecule has 3 heterocycles. The molecule has 0 bridgehead atoms. The summed E-state index contributed by atoms with van der Waals surface area (Å²) in [4.78, 5) is 6.67. The van der Waals surface area contributed by atoms with Gasteiger partial charge in [-0.1, -0.05) is 195 Å². The Kier molecular flexibility index (Phi) is 9.87. The molecule has 1 aromatic heterocycles. The number of para-hydroxylation sites is 1. The highest BCUT2D eigenvalue weighted by atomic mass is 32.1. The predicted octanol–water partition coefficient (Wildman–Crippen LogP) is 17.1. The van der Waals surface area contributed by atoms with Gasteiger partial charge in [-0.15, -0.1) is 11.3 Å². The maximum absolute atomic E-state index is 2.70. The first-order valence-corrected chi connectivity index (χ1v) is 28.1. The van der Waals surface area contributed by atoms with Crippen LogP contribution in [0.3, 0.4) is 0 Å². The molecule has 4 heteroatoms. The van der Waals surface area contributed by atoms with E-state index in [2.05, 4.69) is 273 Å². The van der Waals surface area contributed by atoms with Crippen molar-refractivity contribution in [1.29, 1.82) is 0 Å². The normalized spacial score (nSPS) is 16.4. The van der Waals surface area contributed by atoms with Gasteiger partial charge in [0.15, 0.2) is 0 Å². The molecule has 2 aliphatic heterocycles. The van der Waals surface area contributed by atoms with E-state index in [1.54, 1.807) is 0 Å². The molecule has 1 spiro atoms. The molecular formula is C71H65BN2S. The summed E-state index contributed by atoms with van der Waals surface area (Å²) in [6, 6.07) is 66.2. The Morgan fingerprint density at radius 2 is 1.15 bits per heavy atom. The zero-order chi connectivity index (χ0) is 51.7. The van der Waals surface area contributed by atoms with E-state index >= 15 is 0 Å². The Morgan fingerprint density at radius 1 is 0.533 bits per heavy atom. The van der Waals surface area contributed by atoms with Gasteiger partial charge in [0, 0.05) is 44.0 Å². The summed E-state index contributed by atoms with van der Waals surface area (Å²) in [7, 11) is 0. The van der Waals surface area contributed by atoms with Gasteiger partial charge in [-0.05, 0) is 174 Å². The molecule has 0 saturated heterocycles. The molecule has 0 N–H and O–H groups in total. The second kappa shape index (κ2) is 15.9. The molecule has 2 nitrogen and oxygen atoms in total. The third kappa shape index (κ3) is 6.57. The van der Waals surface area contributed by atoms with E-state index in [1.165, 1.54) is 138 Å². The van der Waals surface area contributed by atoms with Crippen LogP contribution >= 0.6 is 11.3 Å². The quantitative estimate of drug-likeness (QED) is 0.163. The van der Waals surface area contributed by atoms with Gasteiger partial charge in [0.1, 0.15) is 0 Å². The Bertz CT molecular complexity index is 3830. The largest absolute Gasteiger partial charge is 0.311 e. The van der Waals surface area contributed by atoms with Gasteiger partial charge in [0.25, 0.3) is 6.71 Å². The highest BCUT2D eigenvalue weighted by Crippen LogP contribution is 2.67. The number of anilines is 6. The van der Waals surface area contributed by atoms with Crippen LogP contribution in [0.25, 0.3) is 28.3 Å². The Morgan fingerprint density at radius 3 is 1.79 bits per heavy atom. The van der Waals surface area contributed by atoms with Crippen LogP contribution in [0.15, 0.2) is 175 Å². The molecule has 1 atom stereocenters. The van der Waals surface area contributed by atoms with Crippen LogP contribution in [0.2, 0.25) is 0 Å². The lowest BCUT2D eigenvalue weighted by atomic mass is 9.36. The number of benzene rings is 8. The Balaban J connectivity index is 1.06. The fourth-order valence-corrected chi connectivity index (χ4v) is 15.7. The number of hydrogen-bond donors (Lipinski definition) is 0. The minimum Gasteiger partial charge on any atom is -0.311 e. The molecular weight excluding hydrogens is 924 g/mol. The first-order chi connectivity index (χ1) is 35.9. The minimum atomic E-state index is -0.389. The van der Waals surface area contributed by atoms with Gasteiger partial charge >= 0.3 is 0 Å². The van der Waals surface area contributed by atoms with E-state index < -0.39 is 0 Å². The molecule has 14 rings (SSSR count). The van der Waals surface area contributed by atoms with Gasteiger partial charge in [-0.25, -0.2) is 0 Å². The molecule has 0 saturated carbocycles. The van der Waals surface area contributed by atoms with Crippen LogP contribution in [0.4, 0.5) is 34.1 Å².